The summed E-state index contributed by atoms with van der Waals surface area (Å²) in [5, 5.41) is 8.81. The molecule has 1 heterocycles. The van der Waals surface area contributed by atoms with Gasteiger partial charge in [-0.05, 0) is 0 Å². The Bertz CT molecular complexity index is 382. The molecule has 0 bridgehead atoms. The number of aryl methyl sites for hydroxylation is 1. The standard InChI is InChI=1S/C9H11ClN2O3/c1-3-6-11-8(10)5(4-7(13)14)9(12-6)15-2/h3-4H2,1-2H3,(H,13,14). The number of rotatable bonds is 4. The van der Waals surface area contributed by atoms with Crippen LogP contribution in [-0.4, -0.2) is 28.2 Å². The van der Waals surface area contributed by atoms with Crippen LogP contribution in [0.3, 0.4) is 0 Å². The third-order valence-corrected chi connectivity index (χ3v) is 2.12. The van der Waals surface area contributed by atoms with Crippen molar-refractivity contribution in [3.63, 3.8) is 0 Å². The lowest BCUT2D eigenvalue weighted by atomic mass is 10.2. The largest absolute Gasteiger partial charge is 0.481 e. The highest BCUT2D eigenvalue weighted by Gasteiger charge is 2.15. The fourth-order valence-electron chi connectivity index (χ4n) is 1.11. The van der Waals surface area contributed by atoms with E-state index in [1.54, 1.807) is 0 Å². The number of methoxy groups -OCH3 is 1. The molecule has 6 heteroatoms. The molecule has 0 spiro atoms. The zero-order valence-corrected chi connectivity index (χ0v) is 9.21. The van der Waals surface area contributed by atoms with E-state index in [1.807, 2.05) is 6.92 Å². The van der Waals surface area contributed by atoms with Gasteiger partial charge >= 0.3 is 5.97 Å². The maximum Gasteiger partial charge on any atom is 0.308 e. The third-order valence-electron chi connectivity index (χ3n) is 1.80. The number of hydrogen-bond acceptors (Lipinski definition) is 4. The first kappa shape index (κ1) is 11.7. The van der Waals surface area contributed by atoms with Crippen molar-refractivity contribution in [3.8, 4) is 5.88 Å². The summed E-state index contributed by atoms with van der Waals surface area (Å²) in [6.07, 6.45) is 0.370. The van der Waals surface area contributed by atoms with Gasteiger partial charge in [0, 0.05) is 6.42 Å². The van der Waals surface area contributed by atoms with Gasteiger partial charge in [0.25, 0.3) is 0 Å². The monoisotopic (exact) mass is 230 g/mol. The smallest absolute Gasteiger partial charge is 0.308 e. The first-order valence-electron chi connectivity index (χ1n) is 4.39. The molecule has 0 atom stereocenters. The first-order chi connectivity index (χ1) is 7.08. The van der Waals surface area contributed by atoms with Gasteiger partial charge < -0.3 is 9.84 Å². The number of carboxylic acids is 1. The Morgan fingerprint density at radius 2 is 2.20 bits per heavy atom. The number of nitrogens with zero attached hydrogens (tertiary/aromatic N) is 2. The van der Waals surface area contributed by atoms with Gasteiger partial charge in [-0.1, -0.05) is 18.5 Å². The van der Waals surface area contributed by atoms with Crippen molar-refractivity contribution < 1.29 is 14.6 Å². The molecule has 1 aromatic heterocycles. The molecule has 82 valence electrons. The zero-order valence-electron chi connectivity index (χ0n) is 8.45. The van der Waals surface area contributed by atoms with Crippen LogP contribution in [0.25, 0.3) is 0 Å². The molecule has 0 aromatic carbocycles. The molecule has 0 amide bonds. The summed E-state index contributed by atoms with van der Waals surface area (Å²) in [5.41, 5.74) is 0.309. The summed E-state index contributed by atoms with van der Waals surface area (Å²) in [7, 11) is 1.42. The van der Waals surface area contributed by atoms with Crippen molar-refractivity contribution >= 4 is 17.6 Å². The molecular formula is C9H11ClN2O3. The summed E-state index contributed by atoms with van der Waals surface area (Å²) in [6.45, 7) is 1.88. The number of hydrogen-bond donors (Lipinski definition) is 1. The van der Waals surface area contributed by atoms with E-state index in [0.717, 1.165) is 0 Å². The molecule has 1 N–H and O–H groups in total. The topological polar surface area (TPSA) is 72.3 Å². The molecular weight excluding hydrogens is 220 g/mol. The molecule has 1 rings (SSSR count). The predicted octanol–water partition coefficient (Wildman–Crippen LogP) is 1.33. The molecule has 15 heavy (non-hydrogen) atoms. The molecule has 0 unspecified atom stereocenters. The normalized spacial score (nSPS) is 10.1. The van der Waals surface area contributed by atoms with Crippen LogP contribution in [0.1, 0.15) is 18.3 Å². The zero-order chi connectivity index (χ0) is 11.4. The first-order valence-corrected chi connectivity index (χ1v) is 4.77. The minimum atomic E-state index is -0.997. The van der Waals surface area contributed by atoms with Crippen LogP contribution in [0.5, 0.6) is 5.88 Å². The SMILES string of the molecule is CCc1nc(Cl)c(CC(=O)O)c(OC)n1. The van der Waals surface area contributed by atoms with Crippen LogP contribution >= 0.6 is 11.6 Å². The number of aliphatic carboxylic acids is 1. The summed E-state index contributed by atoms with van der Waals surface area (Å²) in [6, 6.07) is 0. The molecule has 0 aliphatic rings. The summed E-state index contributed by atoms with van der Waals surface area (Å²) in [5.74, 6) is -0.233. The number of halogens is 1. The Morgan fingerprint density at radius 1 is 1.53 bits per heavy atom. The Hall–Kier alpha value is -1.36. The second kappa shape index (κ2) is 4.93. The molecule has 1 aromatic rings. The van der Waals surface area contributed by atoms with Gasteiger partial charge in [0.05, 0.1) is 19.1 Å². The molecule has 0 aliphatic heterocycles. The van der Waals surface area contributed by atoms with E-state index in [-0.39, 0.29) is 17.5 Å². The maximum atomic E-state index is 10.6. The third kappa shape index (κ3) is 2.79. The van der Waals surface area contributed by atoms with Crippen molar-refractivity contribution in [2.75, 3.05) is 7.11 Å². The van der Waals surface area contributed by atoms with Crippen LogP contribution in [-0.2, 0) is 17.6 Å². The van der Waals surface area contributed by atoms with E-state index < -0.39 is 5.97 Å². The van der Waals surface area contributed by atoms with E-state index >= 15 is 0 Å². The number of ether oxygens (including phenoxy) is 1. The van der Waals surface area contributed by atoms with Crippen molar-refractivity contribution in [1.82, 2.24) is 9.97 Å². The number of carboxylic acid groups (broad SMARTS) is 1. The summed E-state index contributed by atoms with van der Waals surface area (Å²) >= 11 is 5.84. The van der Waals surface area contributed by atoms with Gasteiger partial charge in [0.1, 0.15) is 11.0 Å². The van der Waals surface area contributed by atoms with Gasteiger partial charge in [-0.3, -0.25) is 4.79 Å². The Morgan fingerprint density at radius 3 is 2.67 bits per heavy atom. The van der Waals surface area contributed by atoms with Crippen LogP contribution < -0.4 is 4.74 Å². The van der Waals surface area contributed by atoms with Crippen molar-refractivity contribution in [3.05, 3.63) is 16.5 Å². The number of aromatic nitrogens is 2. The van der Waals surface area contributed by atoms with Crippen LogP contribution in [0.15, 0.2) is 0 Å². The lowest BCUT2D eigenvalue weighted by Gasteiger charge is -2.08. The average Bonchev–Trinajstić information content (AvgIpc) is 2.20. The summed E-state index contributed by atoms with van der Waals surface area (Å²) in [4.78, 5) is 18.6. The second-order valence-electron chi connectivity index (χ2n) is 2.84. The van der Waals surface area contributed by atoms with Gasteiger partial charge in [0.2, 0.25) is 5.88 Å². The van der Waals surface area contributed by atoms with Crippen LogP contribution in [0, 0.1) is 0 Å². The lowest BCUT2D eigenvalue weighted by Crippen LogP contribution is -2.07. The molecule has 5 nitrogen and oxygen atoms in total. The van der Waals surface area contributed by atoms with Gasteiger partial charge in [-0.15, -0.1) is 0 Å². The highest BCUT2D eigenvalue weighted by Crippen LogP contribution is 2.23. The molecule has 0 saturated carbocycles. The molecule has 0 saturated heterocycles. The average molecular weight is 231 g/mol. The molecule has 0 aliphatic carbocycles. The molecule has 0 radical (unpaired) electrons. The van der Waals surface area contributed by atoms with E-state index in [4.69, 9.17) is 21.4 Å². The summed E-state index contributed by atoms with van der Waals surface area (Å²) < 4.78 is 4.97. The quantitative estimate of drug-likeness (QED) is 0.790. The number of carbonyl (C=O) groups is 1. The predicted molar refractivity (Wildman–Crippen MR) is 54.3 cm³/mol. The van der Waals surface area contributed by atoms with Gasteiger partial charge in [-0.2, -0.15) is 4.98 Å². The van der Waals surface area contributed by atoms with E-state index in [9.17, 15) is 4.79 Å². The van der Waals surface area contributed by atoms with Crippen molar-refractivity contribution in [2.24, 2.45) is 0 Å². The van der Waals surface area contributed by atoms with E-state index in [0.29, 0.717) is 17.8 Å². The van der Waals surface area contributed by atoms with Gasteiger partial charge in [-0.25, -0.2) is 4.98 Å². The highest BCUT2D eigenvalue weighted by atomic mass is 35.5. The Balaban J connectivity index is 3.18. The minimum absolute atomic E-state index is 0.140. The molecule has 0 fully saturated rings. The van der Waals surface area contributed by atoms with E-state index in [2.05, 4.69) is 9.97 Å². The fourth-order valence-corrected chi connectivity index (χ4v) is 1.35. The van der Waals surface area contributed by atoms with Crippen LogP contribution in [0.2, 0.25) is 5.15 Å². The van der Waals surface area contributed by atoms with Gasteiger partial charge in [0.15, 0.2) is 0 Å². The lowest BCUT2D eigenvalue weighted by molar-refractivity contribution is -0.136. The van der Waals surface area contributed by atoms with Crippen molar-refractivity contribution in [2.45, 2.75) is 19.8 Å². The van der Waals surface area contributed by atoms with Crippen LogP contribution in [0.4, 0.5) is 0 Å². The maximum absolute atomic E-state index is 10.6. The second-order valence-corrected chi connectivity index (χ2v) is 3.20. The minimum Gasteiger partial charge on any atom is -0.481 e. The fraction of sp³-hybridized carbons (Fsp3) is 0.444. The Labute approximate surface area is 92.1 Å². The highest BCUT2D eigenvalue weighted by molar-refractivity contribution is 6.30. The van der Waals surface area contributed by atoms with E-state index in [1.165, 1.54) is 7.11 Å². The Kier molecular flexibility index (Phi) is 3.85. The van der Waals surface area contributed by atoms with Crippen molar-refractivity contribution in [1.29, 1.82) is 0 Å².